The first-order chi connectivity index (χ1) is 9.49. The van der Waals surface area contributed by atoms with Crippen LogP contribution in [0.15, 0.2) is 42.6 Å². The Balaban J connectivity index is 2.22. The number of halogens is 1. The molecule has 6 heteroatoms. The first-order valence-electron chi connectivity index (χ1n) is 5.78. The number of nitrogens with zero attached hydrogens (tertiary/aromatic N) is 2. The second-order valence-electron chi connectivity index (χ2n) is 4.14. The number of hydrogen-bond acceptors (Lipinski definition) is 3. The van der Waals surface area contributed by atoms with Crippen LogP contribution >= 0.6 is 12.2 Å². The molecule has 2 aromatic rings. The number of anilines is 1. The number of aromatic nitrogens is 1. The molecule has 0 aliphatic rings. The number of amides is 1. The van der Waals surface area contributed by atoms with Crippen molar-refractivity contribution in [2.75, 3.05) is 11.9 Å². The maximum atomic E-state index is 12.8. The van der Waals surface area contributed by atoms with Gasteiger partial charge >= 0.3 is 0 Å². The molecule has 1 aromatic carbocycles. The minimum absolute atomic E-state index is 0.173. The number of rotatable bonds is 3. The van der Waals surface area contributed by atoms with Gasteiger partial charge < -0.3 is 10.6 Å². The lowest BCUT2D eigenvalue weighted by Crippen LogP contribution is -2.27. The molecule has 0 aliphatic heterocycles. The van der Waals surface area contributed by atoms with Crippen molar-refractivity contribution in [1.82, 2.24) is 4.98 Å². The standard InChI is InChI=1S/C14H12FN3OS/c1-18(11-5-2-9(3-6-11)13(16)20)14(19)12-7-4-10(15)8-17-12/h2-8H,1H3,(H2,16,20). The van der Waals surface area contributed by atoms with Crippen molar-refractivity contribution in [3.63, 3.8) is 0 Å². The molecule has 0 fully saturated rings. The molecule has 0 unspecified atom stereocenters. The fraction of sp³-hybridized carbons (Fsp3) is 0.0714. The van der Waals surface area contributed by atoms with Gasteiger partial charge in [0.1, 0.15) is 16.5 Å². The molecule has 0 atom stereocenters. The van der Waals surface area contributed by atoms with E-state index in [1.807, 2.05) is 0 Å². The van der Waals surface area contributed by atoms with Gasteiger partial charge in [0, 0.05) is 18.3 Å². The Morgan fingerprint density at radius 3 is 2.40 bits per heavy atom. The number of nitrogens with two attached hydrogens (primary N) is 1. The summed E-state index contributed by atoms with van der Waals surface area (Å²) in [4.78, 5) is 17.6. The van der Waals surface area contributed by atoms with Crippen molar-refractivity contribution in [1.29, 1.82) is 0 Å². The molecule has 2 N–H and O–H groups in total. The molecule has 4 nitrogen and oxygen atoms in total. The second kappa shape index (κ2) is 5.75. The first-order valence-corrected chi connectivity index (χ1v) is 6.19. The first kappa shape index (κ1) is 14.1. The average Bonchev–Trinajstić information content (AvgIpc) is 2.46. The van der Waals surface area contributed by atoms with Crippen molar-refractivity contribution in [2.45, 2.75) is 0 Å². The molecule has 1 heterocycles. The fourth-order valence-electron chi connectivity index (χ4n) is 1.64. The maximum absolute atomic E-state index is 12.8. The second-order valence-corrected chi connectivity index (χ2v) is 4.58. The van der Waals surface area contributed by atoms with Gasteiger partial charge in [-0.25, -0.2) is 9.37 Å². The Morgan fingerprint density at radius 2 is 1.90 bits per heavy atom. The third-order valence-corrected chi connectivity index (χ3v) is 3.03. The molecule has 0 aliphatic carbocycles. The van der Waals surface area contributed by atoms with Crippen molar-refractivity contribution in [3.05, 3.63) is 59.7 Å². The van der Waals surface area contributed by atoms with Crippen LogP contribution < -0.4 is 10.6 Å². The van der Waals surface area contributed by atoms with Gasteiger partial charge in [-0.3, -0.25) is 4.79 Å². The van der Waals surface area contributed by atoms with Crippen LogP contribution in [0.3, 0.4) is 0 Å². The largest absolute Gasteiger partial charge is 0.389 e. The Kier molecular flexibility index (Phi) is 4.05. The summed E-state index contributed by atoms with van der Waals surface area (Å²) in [5.74, 6) is -0.807. The zero-order chi connectivity index (χ0) is 14.7. The Hall–Kier alpha value is -2.34. The number of hydrogen-bond donors (Lipinski definition) is 1. The highest BCUT2D eigenvalue weighted by molar-refractivity contribution is 7.80. The van der Waals surface area contributed by atoms with Crippen molar-refractivity contribution >= 4 is 28.8 Å². The lowest BCUT2D eigenvalue weighted by atomic mass is 10.2. The minimum atomic E-state index is -0.481. The van der Waals surface area contributed by atoms with Crippen LogP contribution in [-0.4, -0.2) is 22.9 Å². The molecule has 0 radical (unpaired) electrons. The number of carbonyl (C=O) groups excluding carboxylic acids is 1. The lowest BCUT2D eigenvalue weighted by molar-refractivity contribution is 0.0988. The Bertz CT molecular complexity index is 640. The zero-order valence-corrected chi connectivity index (χ0v) is 11.5. The van der Waals surface area contributed by atoms with Gasteiger partial charge in [0.2, 0.25) is 0 Å². The van der Waals surface area contributed by atoms with E-state index < -0.39 is 5.82 Å². The van der Waals surface area contributed by atoms with E-state index in [4.69, 9.17) is 18.0 Å². The van der Waals surface area contributed by atoms with Crippen LogP contribution in [0.25, 0.3) is 0 Å². The predicted molar refractivity (Wildman–Crippen MR) is 79.3 cm³/mol. The summed E-state index contributed by atoms with van der Waals surface area (Å²) in [5.41, 5.74) is 7.08. The summed E-state index contributed by atoms with van der Waals surface area (Å²) in [6.07, 6.45) is 1.01. The maximum Gasteiger partial charge on any atom is 0.276 e. The summed E-state index contributed by atoms with van der Waals surface area (Å²) in [7, 11) is 1.61. The zero-order valence-electron chi connectivity index (χ0n) is 10.7. The normalized spacial score (nSPS) is 10.1. The average molecular weight is 289 g/mol. The van der Waals surface area contributed by atoms with Gasteiger partial charge in [-0.15, -0.1) is 0 Å². The third kappa shape index (κ3) is 2.97. The highest BCUT2D eigenvalue weighted by Crippen LogP contribution is 2.16. The van der Waals surface area contributed by atoms with Crippen molar-refractivity contribution in [2.24, 2.45) is 5.73 Å². The van der Waals surface area contributed by atoms with E-state index in [1.165, 1.54) is 17.0 Å². The van der Waals surface area contributed by atoms with E-state index in [0.29, 0.717) is 10.7 Å². The number of thiocarbonyl (C=S) groups is 1. The summed E-state index contributed by atoms with van der Waals surface area (Å²) in [5, 5.41) is 0. The highest BCUT2D eigenvalue weighted by atomic mass is 32.1. The highest BCUT2D eigenvalue weighted by Gasteiger charge is 2.14. The van der Waals surface area contributed by atoms with Crippen LogP contribution in [0.4, 0.5) is 10.1 Å². The Labute approximate surface area is 121 Å². The smallest absolute Gasteiger partial charge is 0.276 e. The lowest BCUT2D eigenvalue weighted by Gasteiger charge is -2.17. The van der Waals surface area contributed by atoms with E-state index >= 15 is 0 Å². The summed E-state index contributed by atoms with van der Waals surface area (Å²) in [6, 6.07) is 9.48. The molecule has 0 bridgehead atoms. The molecule has 102 valence electrons. The molecular weight excluding hydrogens is 277 g/mol. The molecular formula is C14H12FN3OS. The molecule has 2 rings (SSSR count). The van der Waals surface area contributed by atoms with Crippen molar-refractivity contribution < 1.29 is 9.18 Å². The number of carbonyl (C=O) groups is 1. The molecule has 20 heavy (non-hydrogen) atoms. The quantitative estimate of drug-likeness (QED) is 0.879. The monoisotopic (exact) mass is 289 g/mol. The van der Waals surface area contributed by atoms with E-state index in [-0.39, 0.29) is 11.6 Å². The summed E-state index contributed by atoms with van der Waals surface area (Å²) in [6.45, 7) is 0. The fourth-order valence-corrected chi connectivity index (χ4v) is 1.78. The summed E-state index contributed by atoms with van der Waals surface area (Å²) < 4.78 is 12.8. The number of pyridine rings is 1. The van der Waals surface area contributed by atoms with Crippen LogP contribution in [0.5, 0.6) is 0 Å². The minimum Gasteiger partial charge on any atom is -0.389 e. The molecule has 1 amide bonds. The third-order valence-electron chi connectivity index (χ3n) is 2.79. The van der Waals surface area contributed by atoms with Crippen LogP contribution in [0.2, 0.25) is 0 Å². The van der Waals surface area contributed by atoms with Gasteiger partial charge in [0.05, 0.1) is 6.20 Å². The molecule has 0 spiro atoms. The molecule has 0 saturated heterocycles. The predicted octanol–water partition coefficient (Wildman–Crippen LogP) is 2.13. The molecule has 1 aromatic heterocycles. The van der Waals surface area contributed by atoms with Gasteiger partial charge in [0.25, 0.3) is 5.91 Å². The van der Waals surface area contributed by atoms with Crippen molar-refractivity contribution in [3.8, 4) is 0 Å². The SMILES string of the molecule is CN(C(=O)c1ccc(F)cn1)c1ccc(C(N)=S)cc1. The van der Waals surface area contributed by atoms with Crippen LogP contribution in [0.1, 0.15) is 16.1 Å². The van der Waals surface area contributed by atoms with Gasteiger partial charge in [-0.1, -0.05) is 12.2 Å². The Morgan fingerprint density at radius 1 is 1.25 bits per heavy atom. The topological polar surface area (TPSA) is 59.2 Å². The summed E-state index contributed by atoms with van der Waals surface area (Å²) >= 11 is 4.86. The van der Waals surface area contributed by atoms with E-state index in [0.717, 1.165) is 11.8 Å². The van der Waals surface area contributed by atoms with Crippen LogP contribution in [0, 0.1) is 5.82 Å². The van der Waals surface area contributed by atoms with E-state index in [1.54, 1.807) is 31.3 Å². The molecule has 0 saturated carbocycles. The van der Waals surface area contributed by atoms with Gasteiger partial charge in [-0.05, 0) is 36.4 Å². The number of benzene rings is 1. The van der Waals surface area contributed by atoms with E-state index in [2.05, 4.69) is 4.98 Å². The van der Waals surface area contributed by atoms with E-state index in [9.17, 15) is 9.18 Å². The van der Waals surface area contributed by atoms with Gasteiger partial charge in [-0.2, -0.15) is 0 Å². The van der Waals surface area contributed by atoms with Crippen LogP contribution in [-0.2, 0) is 0 Å². The van der Waals surface area contributed by atoms with Gasteiger partial charge in [0.15, 0.2) is 0 Å².